The van der Waals surface area contributed by atoms with Crippen LogP contribution in [0.25, 0.3) is 0 Å². The predicted octanol–water partition coefficient (Wildman–Crippen LogP) is 3.34. The summed E-state index contributed by atoms with van der Waals surface area (Å²) < 4.78 is 0. The molecule has 0 aromatic heterocycles. The van der Waals surface area contributed by atoms with Crippen molar-refractivity contribution >= 4 is 0 Å². The molecule has 0 aromatic rings. The molecule has 4 aliphatic carbocycles. The molecule has 4 aliphatic rings. The molecule has 3 N–H and O–H groups in total. The summed E-state index contributed by atoms with van der Waals surface area (Å²) in [5.74, 6) is 3.42. The van der Waals surface area contributed by atoms with Gasteiger partial charge in [0.05, 0.1) is 12.7 Å². The molecular formula is C21H37NO2. The number of aliphatic hydroxyl groups is 2. The largest absolute Gasteiger partial charge is 0.395 e. The maximum atomic E-state index is 10.1. The van der Waals surface area contributed by atoms with Crippen molar-refractivity contribution in [1.82, 2.24) is 5.32 Å². The Hall–Kier alpha value is -0.120. The quantitative estimate of drug-likeness (QED) is 0.741. The van der Waals surface area contributed by atoms with Crippen LogP contribution >= 0.6 is 0 Å². The Morgan fingerprint density at radius 1 is 0.917 bits per heavy atom. The van der Waals surface area contributed by atoms with E-state index in [4.69, 9.17) is 0 Å². The van der Waals surface area contributed by atoms with Crippen molar-refractivity contribution in [3.8, 4) is 0 Å². The fourth-order valence-electron chi connectivity index (χ4n) is 7.81. The van der Waals surface area contributed by atoms with E-state index in [-0.39, 0.29) is 12.7 Å². The molecule has 0 aliphatic heterocycles. The van der Waals surface area contributed by atoms with E-state index in [0.29, 0.717) is 16.9 Å². The Morgan fingerprint density at radius 2 is 1.67 bits per heavy atom. The summed E-state index contributed by atoms with van der Waals surface area (Å²) in [5.41, 5.74) is 0.924. The molecule has 0 spiro atoms. The zero-order valence-corrected chi connectivity index (χ0v) is 15.6. The first-order valence-corrected chi connectivity index (χ1v) is 10.5. The number of fused-ring (bicyclic) bond motifs is 5. The average molecular weight is 336 g/mol. The molecule has 4 saturated carbocycles. The number of hydrogen-bond acceptors (Lipinski definition) is 3. The summed E-state index contributed by atoms with van der Waals surface area (Å²) in [6.45, 7) is 6.11. The molecule has 8 atom stereocenters. The molecule has 0 radical (unpaired) electrons. The summed E-state index contributed by atoms with van der Waals surface area (Å²) in [5, 5.41) is 23.0. The van der Waals surface area contributed by atoms with Crippen LogP contribution in [0.4, 0.5) is 0 Å². The second kappa shape index (κ2) is 6.25. The second-order valence-corrected chi connectivity index (χ2v) is 9.94. The highest BCUT2D eigenvalue weighted by Crippen LogP contribution is 2.66. The molecule has 4 fully saturated rings. The fourth-order valence-corrected chi connectivity index (χ4v) is 7.81. The van der Waals surface area contributed by atoms with E-state index in [2.05, 4.69) is 19.2 Å². The van der Waals surface area contributed by atoms with Gasteiger partial charge in [0.2, 0.25) is 0 Å². The molecule has 5 unspecified atom stereocenters. The number of hydrogen-bond donors (Lipinski definition) is 3. The lowest BCUT2D eigenvalue weighted by molar-refractivity contribution is -0.123. The lowest BCUT2D eigenvalue weighted by atomic mass is 9.45. The molecule has 0 heterocycles. The number of nitrogens with one attached hydrogen (secondary N) is 1. The Kier molecular flexibility index (Phi) is 4.50. The number of rotatable bonds is 3. The third-order valence-electron chi connectivity index (χ3n) is 9.14. The van der Waals surface area contributed by atoms with Crippen molar-refractivity contribution in [3.05, 3.63) is 0 Å². The van der Waals surface area contributed by atoms with E-state index < -0.39 is 0 Å². The Labute approximate surface area is 147 Å². The fraction of sp³-hybridized carbons (Fsp3) is 1.00. The third-order valence-corrected chi connectivity index (χ3v) is 9.14. The highest BCUT2D eigenvalue weighted by Gasteiger charge is 2.59. The predicted molar refractivity (Wildman–Crippen MR) is 96.6 cm³/mol. The van der Waals surface area contributed by atoms with Crippen molar-refractivity contribution in [1.29, 1.82) is 0 Å². The van der Waals surface area contributed by atoms with E-state index in [9.17, 15) is 10.2 Å². The molecule has 3 nitrogen and oxygen atoms in total. The minimum absolute atomic E-state index is 0.0352. The van der Waals surface area contributed by atoms with Crippen LogP contribution in [0.5, 0.6) is 0 Å². The highest BCUT2D eigenvalue weighted by molar-refractivity contribution is 5.10. The van der Waals surface area contributed by atoms with Crippen LogP contribution in [0.2, 0.25) is 0 Å². The molecule has 4 rings (SSSR count). The maximum Gasteiger partial charge on any atom is 0.0556 e. The minimum atomic E-state index is -0.0352. The van der Waals surface area contributed by atoms with Gasteiger partial charge in [-0.05, 0) is 92.3 Å². The SMILES string of the molecule is C[C@]12CCC3C(CC[C@H]4CC(O)CC[C@]34C)C1CCC2NCCO. The van der Waals surface area contributed by atoms with Crippen molar-refractivity contribution in [2.24, 2.45) is 34.5 Å². The molecule has 0 saturated heterocycles. The lowest BCUT2D eigenvalue weighted by Gasteiger charge is -2.61. The monoisotopic (exact) mass is 335 g/mol. The van der Waals surface area contributed by atoms with E-state index in [1.807, 2.05) is 0 Å². The molecule has 138 valence electrons. The van der Waals surface area contributed by atoms with Gasteiger partial charge in [-0.25, -0.2) is 0 Å². The van der Waals surface area contributed by atoms with E-state index in [0.717, 1.165) is 43.1 Å². The van der Waals surface area contributed by atoms with Crippen LogP contribution in [-0.2, 0) is 0 Å². The van der Waals surface area contributed by atoms with Crippen molar-refractivity contribution in [2.45, 2.75) is 83.8 Å². The smallest absolute Gasteiger partial charge is 0.0556 e. The standard InChI is InChI=1S/C21H37NO2/c1-20-9-7-15(24)13-14(20)3-4-16-17-5-6-19(22-11-12-23)21(17,2)10-8-18(16)20/h14-19,22-24H,3-13H2,1-2H3/t14-,15?,16?,17?,18?,19?,20-,21-/m0/s1. The van der Waals surface area contributed by atoms with Gasteiger partial charge in [-0.1, -0.05) is 13.8 Å². The normalized spacial score (nSPS) is 54.0. The molecule has 0 amide bonds. The van der Waals surface area contributed by atoms with Gasteiger partial charge in [0, 0.05) is 12.6 Å². The van der Waals surface area contributed by atoms with E-state index in [1.165, 1.54) is 44.9 Å². The van der Waals surface area contributed by atoms with Crippen molar-refractivity contribution in [3.63, 3.8) is 0 Å². The number of aliphatic hydroxyl groups excluding tert-OH is 2. The summed E-state index contributed by atoms with van der Waals surface area (Å²) >= 11 is 0. The minimum Gasteiger partial charge on any atom is -0.395 e. The van der Waals surface area contributed by atoms with Crippen molar-refractivity contribution < 1.29 is 10.2 Å². The van der Waals surface area contributed by atoms with Gasteiger partial charge < -0.3 is 15.5 Å². The van der Waals surface area contributed by atoms with Gasteiger partial charge in [0.25, 0.3) is 0 Å². The van der Waals surface area contributed by atoms with Gasteiger partial charge in [-0.3, -0.25) is 0 Å². The van der Waals surface area contributed by atoms with Gasteiger partial charge >= 0.3 is 0 Å². The zero-order chi connectivity index (χ0) is 16.9. The summed E-state index contributed by atoms with van der Waals surface area (Å²) in [7, 11) is 0. The Bertz CT molecular complexity index is 469. The van der Waals surface area contributed by atoms with Gasteiger partial charge in [-0.2, -0.15) is 0 Å². The summed E-state index contributed by atoms with van der Waals surface area (Å²) in [6, 6.07) is 0.606. The van der Waals surface area contributed by atoms with E-state index >= 15 is 0 Å². The molecular weight excluding hydrogens is 298 g/mol. The Morgan fingerprint density at radius 3 is 2.46 bits per heavy atom. The van der Waals surface area contributed by atoms with Gasteiger partial charge in [0.1, 0.15) is 0 Å². The lowest BCUT2D eigenvalue weighted by Crippen LogP contribution is -2.55. The Balaban J connectivity index is 1.54. The average Bonchev–Trinajstić information content (AvgIpc) is 2.90. The van der Waals surface area contributed by atoms with Crippen LogP contribution in [0.15, 0.2) is 0 Å². The first-order chi connectivity index (χ1) is 11.5. The van der Waals surface area contributed by atoms with Crippen LogP contribution in [0, 0.1) is 34.5 Å². The molecule has 3 heteroatoms. The van der Waals surface area contributed by atoms with E-state index in [1.54, 1.807) is 0 Å². The second-order valence-electron chi connectivity index (χ2n) is 9.94. The van der Waals surface area contributed by atoms with Crippen LogP contribution in [-0.4, -0.2) is 35.5 Å². The maximum absolute atomic E-state index is 10.1. The third kappa shape index (κ3) is 2.49. The van der Waals surface area contributed by atoms with Crippen LogP contribution in [0.1, 0.15) is 71.6 Å². The highest BCUT2D eigenvalue weighted by atomic mass is 16.3. The molecule has 0 bridgehead atoms. The zero-order valence-electron chi connectivity index (χ0n) is 15.6. The van der Waals surface area contributed by atoms with Gasteiger partial charge in [0.15, 0.2) is 0 Å². The van der Waals surface area contributed by atoms with Gasteiger partial charge in [-0.15, -0.1) is 0 Å². The van der Waals surface area contributed by atoms with Crippen molar-refractivity contribution in [2.75, 3.05) is 13.2 Å². The topological polar surface area (TPSA) is 52.5 Å². The summed E-state index contributed by atoms with van der Waals surface area (Å²) in [4.78, 5) is 0. The summed E-state index contributed by atoms with van der Waals surface area (Å²) in [6.07, 6.45) is 11.4. The molecule has 24 heavy (non-hydrogen) atoms. The van der Waals surface area contributed by atoms with Crippen LogP contribution < -0.4 is 5.32 Å². The van der Waals surface area contributed by atoms with Crippen LogP contribution in [0.3, 0.4) is 0 Å². The first-order valence-electron chi connectivity index (χ1n) is 10.5. The molecule has 0 aromatic carbocycles. The first kappa shape index (κ1) is 17.3.